The van der Waals surface area contributed by atoms with Crippen LogP contribution in [0.15, 0.2) is 24.3 Å². The van der Waals surface area contributed by atoms with Gasteiger partial charge in [-0.25, -0.2) is 0 Å². The summed E-state index contributed by atoms with van der Waals surface area (Å²) in [5, 5.41) is 5.87. The highest BCUT2D eigenvalue weighted by Gasteiger charge is 2.11. The molecule has 100 valence electrons. The minimum absolute atomic E-state index is 0.0839. The van der Waals surface area contributed by atoms with Crippen molar-refractivity contribution in [1.29, 1.82) is 0 Å². The van der Waals surface area contributed by atoms with Gasteiger partial charge < -0.3 is 15.4 Å². The van der Waals surface area contributed by atoms with Crippen molar-refractivity contribution in [2.75, 3.05) is 27.2 Å². The molecule has 4 heteroatoms. The summed E-state index contributed by atoms with van der Waals surface area (Å²) in [5.74, 6) is 1.10. The number of ether oxygens (including phenoxy) is 1. The number of amides is 1. The molecule has 1 atom stereocenters. The number of rotatable bonds is 7. The van der Waals surface area contributed by atoms with Gasteiger partial charge in [0.25, 0.3) is 0 Å². The van der Waals surface area contributed by atoms with E-state index in [0.29, 0.717) is 13.0 Å². The Morgan fingerprint density at radius 1 is 1.39 bits per heavy atom. The van der Waals surface area contributed by atoms with Crippen molar-refractivity contribution in [1.82, 2.24) is 10.6 Å². The summed E-state index contributed by atoms with van der Waals surface area (Å²) >= 11 is 0. The van der Waals surface area contributed by atoms with E-state index in [1.54, 1.807) is 7.11 Å². The first kappa shape index (κ1) is 14.5. The molecule has 0 heterocycles. The molecule has 4 nitrogen and oxygen atoms in total. The van der Waals surface area contributed by atoms with E-state index < -0.39 is 0 Å². The van der Waals surface area contributed by atoms with Gasteiger partial charge in [0.2, 0.25) is 5.91 Å². The predicted molar refractivity (Wildman–Crippen MR) is 73.0 cm³/mol. The smallest absolute Gasteiger partial charge is 0.220 e. The van der Waals surface area contributed by atoms with Gasteiger partial charge >= 0.3 is 0 Å². The van der Waals surface area contributed by atoms with Gasteiger partial charge in [-0.3, -0.25) is 4.79 Å². The van der Waals surface area contributed by atoms with Gasteiger partial charge in [0, 0.05) is 19.5 Å². The fourth-order valence-corrected chi connectivity index (χ4v) is 1.74. The van der Waals surface area contributed by atoms with Crippen LogP contribution in [0.1, 0.15) is 24.8 Å². The molecule has 1 rings (SSSR count). The Hall–Kier alpha value is -1.55. The Bertz CT molecular complexity index is 380. The SMILES string of the molecule is CNCCNC(=O)CC(C)c1cccc(OC)c1. The van der Waals surface area contributed by atoms with Gasteiger partial charge in [0.05, 0.1) is 7.11 Å². The summed E-state index contributed by atoms with van der Waals surface area (Å²) < 4.78 is 5.18. The molecule has 1 aromatic rings. The molecule has 0 aromatic heterocycles. The number of carbonyl (C=O) groups is 1. The molecule has 0 aliphatic heterocycles. The average molecular weight is 250 g/mol. The predicted octanol–water partition coefficient (Wildman–Crippen LogP) is 1.52. The van der Waals surface area contributed by atoms with Crippen LogP contribution in [0, 0.1) is 0 Å². The standard InChI is InChI=1S/C14H22N2O2/c1-11(9-14(17)16-8-7-15-2)12-5-4-6-13(10-12)18-3/h4-6,10-11,15H,7-9H2,1-3H3,(H,16,17). The molecule has 18 heavy (non-hydrogen) atoms. The Balaban J connectivity index is 2.48. The van der Waals surface area contributed by atoms with Crippen molar-refractivity contribution in [2.45, 2.75) is 19.3 Å². The highest BCUT2D eigenvalue weighted by atomic mass is 16.5. The zero-order chi connectivity index (χ0) is 13.4. The van der Waals surface area contributed by atoms with E-state index >= 15 is 0 Å². The maximum absolute atomic E-state index is 11.7. The number of methoxy groups -OCH3 is 1. The highest BCUT2D eigenvalue weighted by Crippen LogP contribution is 2.22. The van der Waals surface area contributed by atoms with Crippen LogP contribution >= 0.6 is 0 Å². The van der Waals surface area contributed by atoms with Crippen LogP contribution < -0.4 is 15.4 Å². The third kappa shape index (κ3) is 4.75. The van der Waals surface area contributed by atoms with Gasteiger partial charge in [-0.15, -0.1) is 0 Å². The van der Waals surface area contributed by atoms with E-state index in [1.165, 1.54) is 0 Å². The lowest BCUT2D eigenvalue weighted by molar-refractivity contribution is -0.121. The summed E-state index contributed by atoms with van der Waals surface area (Å²) in [7, 11) is 3.51. The second kappa shape index (κ2) is 7.71. The van der Waals surface area contributed by atoms with Crippen molar-refractivity contribution in [3.63, 3.8) is 0 Å². The zero-order valence-corrected chi connectivity index (χ0v) is 11.3. The highest BCUT2D eigenvalue weighted by molar-refractivity contribution is 5.76. The second-order valence-electron chi connectivity index (χ2n) is 4.34. The summed E-state index contributed by atoms with van der Waals surface area (Å²) in [4.78, 5) is 11.7. The molecule has 0 aliphatic rings. The Morgan fingerprint density at radius 3 is 2.83 bits per heavy atom. The number of hydrogen-bond acceptors (Lipinski definition) is 3. The summed E-state index contributed by atoms with van der Waals surface area (Å²) in [5.41, 5.74) is 1.12. The van der Waals surface area contributed by atoms with Gasteiger partial charge in [-0.2, -0.15) is 0 Å². The molecule has 0 bridgehead atoms. The topological polar surface area (TPSA) is 50.4 Å². The van der Waals surface area contributed by atoms with E-state index in [-0.39, 0.29) is 11.8 Å². The van der Waals surface area contributed by atoms with Crippen LogP contribution in [0.2, 0.25) is 0 Å². The Kier molecular flexibility index (Phi) is 6.22. The van der Waals surface area contributed by atoms with Gasteiger partial charge in [-0.1, -0.05) is 19.1 Å². The fourth-order valence-electron chi connectivity index (χ4n) is 1.74. The zero-order valence-electron chi connectivity index (χ0n) is 11.3. The molecule has 0 fully saturated rings. The largest absolute Gasteiger partial charge is 0.497 e. The molecule has 0 saturated carbocycles. The molecule has 1 aromatic carbocycles. The number of hydrogen-bond donors (Lipinski definition) is 2. The number of benzene rings is 1. The minimum Gasteiger partial charge on any atom is -0.497 e. The summed E-state index contributed by atoms with van der Waals surface area (Å²) in [6.45, 7) is 3.51. The van der Waals surface area contributed by atoms with Gasteiger partial charge in [-0.05, 0) is 30.7 Å². The van der Waals surface area contributed by atoms with Crippen LogP contribution in [-0.2, 0) is 4.79 Å². The third-order valence-corrected chi connectivity index (χ3v) is 2.85. The van der Waals surface area contributed by atoms with Crippen LogP contribution in [0.3, 0.4) is 0 Å². The van der Waals surface area contributed by atoms with E-state index in [1.807, 2.05) is 38.2 Å². The summed E-state index contributed by atoms with van der Waals surface area (Å²) in [6.07, 6.45) is 0.497. The molecule has 0 radical (unpaired) electrons. The fraction of sp³-hybridized carbons (Fsp3) is 0.500. The van der Waals surface area contributed by atoms with Crippen LogP contribution in [-0.4, -0.2) is 33.2 Å². The normalized spacial score (nSPS) is 11.9. The molecule has 1 unspecified atom stereocenters. The van der Waals surface area contributed by atoms with Gasteiger partial charge in [0.1, 0.15) is 5.75 Å². The first-order valence-corrected chi connectivity index (χ1v) is 6.22. The van der Waals surface area contributed by atoms with E-state index in [2.05, 4.69) is 10.6 Å². The van der Waals surface area contributed by atoms with E-state index in [9.17, 15) is 4.79 Å². The molecule has 0 aliphatic carbocycles. The van der Waals surface area contributed by atoms with Crippen LogP contribution in [0.4, 0.5) is 0 Å². The second-order valence-corrected chi connectivity index (χ2v) is 4.34. The first-order chi connectivity index (χ1) is 8.67. The number of nitrogens with one attached hydrogen (secondary N) is 2. The molecule has 2 N–H and O–H groups in total. The molecule has 1 amide bonds. The Morgan fingerprint density at radius 2 is 2.17 bits per heavy atom. The van der Waals surface area contributed by atoms with Gasteiger partial charge in [0.15, 0.2) is 0 Å². The van der Waals surface area contributed by atoms with Crippen LogP contribution in [0.5, 0.6) is 5.75 Å². The van der Waals surface area contributed by atoms with E-state index in [0.717, 1.165) is 17.9 Å². The van der Waals surface area contributed by atoms with Crippen molar-refractivity contribution in [3.8, 4) is 5.75 Å². The van der Waals surface area contributed by atoms with E-state index in [4.69, 9.17) is 4.74 Å². The van der Waals surface area contributed by atoms with Crippen molar-refractivity contribution >= 4 is 5.91 Å². The van der Waals surface area contributed by atoms with Crippen molar-refractivity contribution in [2.24, 2.45) is 0 Å². The first-order valence-electron chi connectivity index (χ1n) is 6.22. The maximum atomic E-state index is 11.7. The lowest BCUT2D eigenvalue weighted by Crippen LogP contribution is -2.31. The lowest BCUT2D eigenvalue weighted by Gasteiger charge is -2.13. The quantitative estimate of drug-likeness (QED) is 0.721. The third-order valence-electron chi connectivity index (χ3n) is 2.85. The number of carbonyl (C=O) groups excluding carboxylic acids is 1. The minimum atomic E-state index is 0.0839. The van der Waals surface area contributed by atoms with Crippen LogP contribution in [0.25, 0.3) is 0 Å². The molecular formula is C14H22N2O2. The lowest BCUT2D eigenvalue weighted by atomic mass is 9.97. The van der Waals surface area contributed by atoms with Crippen molar-refractivity contribution in [3.05, 3.63) is 29.8 Å². The van der Waals surface area contributed by atoms with Crippen molar-refractivity contribution < 1.29 is 9.53 Å². The monoisotopic (exact) mass is 250 g/mol. The Labute approximate surface area is 109 Å². The maximum Gasteiger partial charge on any atom is 0.220 e. The summed E-state index contributed by atoms with van der Waals surface area (Å²) in [6, 6.07) is 7.85. The number of likely N-dealkylation sites (N-methyl/N-ethyl adjacent to an activating group) is 1. The molecular weight excluding hydrogens is 228 g/mol. The molecule has 0 saturated heterocycles. The molecule has 0 spiro atoms. The average Bonchev–Trinajstić information content (AvgIpc) is 2.39.